The third-order valence-corrected chi connectivity index (χ3v) is 3.25. The van der Waals surface area contributed by atoms with Crippen molar-refractivity contribution in [3.63, 3.8) is 0 Å². The average Bonchev–Trinajstić information content (AvgIpc) is 2.53. The van der Waals surface area contributed by atoms with Crippen LogP contribution in [0.4, 0.5) is 0 Å². The highest BCUT2D eigenvalue weighted by molar-refractivity contribution is 5.48. The molecule has 0 aliphatic heterocycles. The van der Waals surface area contributed by atoms with Crippen LogP contribution in [-0.4, -0.2) is 45.2 Å². The van der Waals surface area contributed by atoms with Crippen molar-refractivity contribution in [3.8, 4) is 11.5 Å². The standard InChI is InChI=1S/C16H27NO5/c1-5-21-16(22-6-2)15-11(7-12(17)10-18)8-13(19-3)9-14(15)20-4/h8-9,12,16,18H,5-7,10,17H2,1-4H3. The fourth-order valence-electron chi connectivity index (χ4n) is 2.24. The molecule has 22 heavy (non-hydrogen) atoms. The summed E-state index contributed by atoms with van der Waals surface area (Å²) in [7, 11) is 3.18. The van der Waals surface area contributed by atoms with Gasteiger partial charge in [0.15, 0.2) is 6.29 Å². The lowest BCUT2D eigenvalue weighted by Gasteiger charge is -2.24. The molecule has 1 rings (SSSR count). The van der Waals surface area contributed by atoms with Crippen molar-refractivity contribution >= 4 is 0 Å². The van der Waals surface area contributed by atoms with Crippen molar-refractivity contribution in [1.82, 2.24) is 0 Å². The van der Waals surface area contributed by atoms with Crippen LogP contribution in [0.5, 0.6) is 11.5 Å². The minimum Gasteiger partial charge on any atom is -0.497 e. The minimum absolute atomic E-state index is 0.104. The Morgan fingerprint density at radius 3 is 2.18 bits per heavy atom. The van der Waals surface area contributed by atoms with Crippen LogP contribution in [0.3, 0.4) is 0 Å². The van der Waals surface area contributed by atoms with E-state index in [-0.39, 0.29) is 12.6 Å². The second-order valence-electron chi connectivity index (χ2n) is 4.79. The van der Waals surface area contributed by atoms with Crippen LogP contribution in [-0.2, 0) is 15.9 Å². The predicted molar refractivity (Wildman–Crippen MR) is 84.3 cm³/mol. The maximum atomic E-state index is 9.24. The summed E-state index contributed by atoms with van der Waals surface area (Å²) in [6.45, 7) is 4.71. The van der Waals surface area contributed by atoms with Gasteiger partial charge in [-0.1, -0.05) is 0 Å². The van der Waals surface area contributed by atoms with E-state index in [0.29, 0.717) is 31.1 Å². The van der Waals surface area contributed by atoms with Gasteiger partial charge >= 0.3 is 0 Å². The first kappa shape index (κ1) is 18.7. The molecule has 0 aliphatic carbocycles. The molecule has 0 saturated carbocycles. The number of benzene rings is 1. The quantitative estimate of drug-likeness (QED) is 0.639. The van der Waals surface area contributed by atoms with E-state index in [1.54, 1.807) is 20.3 Å². The monoisotopic (exact) mass is 313 g/mol. The third kappa shape index (κ3) is 4.84. The van der Waals surface area contributed by atoms with Gasteiger partial charge in [-0.15, -0.1) is 0 Å². The zero-order valence-corrected chi connectivity index (χ0v) is 13.8. The Kier molecular flexibility index (Phi) is 8.19. The van der Waals surface area contributed by atoms with Crippen LogP contribution in [0, 0.1) is 0 Å². The maximum Gasteiger partial charge on any atom is 0.187 e. The van der Waals surface area contributed by atoms with Crippen LogP contribution in [0.25, 0.3) is 0 Å². The number of hydrogen-bond donors (Lipinski definition) is 2. The number of ether oxygens (including phenoxy) is 4. The molecule has 0 fully saturated rings. The summed E-state index contributed by atoms with van der Waals surface area (Å²) < 4.78 is 22.2. The van der Waals surface area contributed by atoms with Gasteiger partial charge in [-0.25, -0.2) is 0 Å². The second kappa shape index (κ2) is 9.63. The lowest BCUT2D eigenvalue weighted by atomic mass is 9.98. The summed E-state index contributed by atoms with van der Waals surface area (Å²) in [6, 6.07) is 3.28. The van der Waals surface area contributed by atoms with Crippen LogP contribution in [0.15, 0.2) is 12.1 Å². The van der Waals surface area contributed by atoms with Gasteiger partial charge in [0.05, 0.1) is 26.4 Å². The van der Waals surface area contributed by atoms with Crippen molar-refractivity contribution in [3.05, 3.63) is 23.3 Å². The Balaban J connectivity index is 3.34. The Morgan fingerprint density at radius 1 is 1.09 bits per heavy atom. The lowest BCUT2D eigenvalue weighted by Crippen LogP contribution is -2.28. The van der Waals surface area contributed by atoms with Crippen LogP contribution < -0.4 is 15.2 Å². The Bertz CT molecular complexity index is 446. The van der Waals surface area contributed by atoms with Crippen LogP contribution in [0.2, 0.25) is 0 Å². The Labute approximate surface area is 132 Å². The summed E-state index contributed by atoms with van der Waals surface area (Å²) in [5.41, 5.74) is 7.56. The summed E-state index contributed by atoms with van der Waals surface area (Å²) in [4.78, 5) is 0. The predicted octanol–water partition coefficient (Wildman–Crippen LogP) is 1.64. The Morgan fingerprint density at radius 2 is 1.73 bits per heavy atom. The van der Waals surface area contributed by atoms with E-state index in [9.17, 15) is 5.11 Å². The molecule has 0 saturated heterocycles. The summed E-state index contributed by atoms with van der Waals surface area (Å²) >= 11 is 0. The molecule has 1 aromatic carbocycles. The van der Waals surface area contributed by atoms with E-state index in [0.717, 1.165) is 11.1 Å². The van der Waals surface area contributed by atoms with Crippen molar-refractivity contribution in [2.75, 3.05) is 34.0 Å². The first-order valence-electron chi connectivity index (χ1n) is 7.45. The number of aliphatic hydroxyl groups is 1. The zero-order valence-electron chi connectivity index (χ0n) is 13.8. The molecule has 1 unspecified atom stereocenters. The van der Waals surface area contributed by atoms with E-state index in [2.05, 4.69) is 0 Å². The van der Waals surface area contributed by atoms with E-state index in [4.69, 9.17) is 24.7 Å². The fourth-order valence-corrected chi connectivity index (χ4v) is 2.24. The highest BCUT2D eigenvalue weighted by atomic mass is 16.7. The topological polar surface area (TPSA) is 83.2 Å². The largest absolute Gasteiger partial charge is 0.497 e. The maximum absolute atomic E-state index is 9.24. The molecule has 126 valence electrons. The summed E-state index contributed by atoms with van der Waals surface area (Å²) in [5, 5.41) is 9.24. The molecule has 1 aromatic rings. The molecule has 6 heteroatoms. The van der Waals surface area contributed by atoms with Crippen LogP contribution >= 0.6 is 0 Å². The number of aliphatic hydroxyl groups excluding tert-OH is 1. The summed E-state index contributed by atoms with van der Waals surface area (Å²) in [6.07, 6.45) is -0.0764. The number of nitrogens with two attached hydrogens (primary N) is 1. The molecule has 1 atom stereocenters. The van der Waals surface area contributed by atoms with Crippen molar-refractivity contribution in [2.24, 2.45) is 5.73 Å². The molecular weight excluding hydrogens is 286 g/mol. The third-order valence-electron chi connectivity index (χ3n) is 3.25. The molecule has 3 N–H and O–H groups in total. The van der Waals surface area contributed by atoms with Gasteiger partial charge in [0.2, 0.25) is 0 Å². The van der Waals surface area contributed by atoms with Gasteiger partial charge in [0, 0.05) is 25.3 Å². The molecular formula is C16H27NO5. The normalized spacial score (nSPS) is 12.5. The summed E-state index contributed by atoms with van der Waals surface area (Å²) in [5.74, 6) is 1.28. The average molecular weight is 313 g/mol. The first-order valence-corrected chi connectivity index (χ1v) is 7.45. The van der Waals surface area contributed by atoms with E-state index in [1.807, 2.05) is 19.9 Å². The van der Waals surface area contributed by atoms with Gasteiger partial charge in [-0.05, 0) is 31.9 Å². The molecule has 0 bridgehead atoms. The van der Waals surface area contributed by atoms with Crippen molar-refractivity contribution in [1.29, 1.82) is 0 Å². The molecule has 6 nitrogen and oxygen atoms in total. The van der Waals surface area contributed by atoms with E-state index >= 15 is 0 Å². The highest BCUT2D eigenvalue weighted by Crippen LogP contribution is 2.36. The Hall–Kier alpha value is -1.34. The SMILES string of the molecule is CCOC(OCC)c1c(CC(N)CO)cc(OC)cc1OC. The molecule has 0 aromatic heterocycles. The second-order valence-corrected chi connectivity index (χ2v) is 4.79. The smallest absolute Gasteiger partial charge is 0.187 e. The fraction of sp³-hybridized carbons (Fsp3) is 0.625. The molecule has 0 amide bonds. The molecule has 0 radical (unpaired) electrons. The minimum atomic E-state index is -0.545. The van der Waals surface area contributed by atoms with Gasteiger partial charge in [0.25, 0.3) is 0 Å². The van der Waals surface area contributed by atoms with Crippen molar-refractivity contribution < 1.29 is 24.1 Å². The van der Waals surface area contributed by atoms with Gasteiger partial charge < -0.3 is 29.8 Å². The van der Waals surface area contributed by atoms with Crippen molar-refractivity contribution in [2.45, 2.75) is 32.6 Å². The molecule has 0 heterocycles. The first-order chi connectivity index (χ1) is 10.6. The zero-order chi connectivity index (χ0) is 16.5. The van der Waals surface area contributed by atoms with Gasteiger partial charge in [-0.2, -0.15) is 0 Å². The van der Waals surface area contributed by atoms with Gasteiger partial charge in [0.1, 0.15) is 11.5 Å². The molecule has 0 aliphatic rings. The van der Waals surface area contributed by atoms with Crippen LogP contribution in [0.1, 0.15) is 31.3 Å². The van der Waals surface area contributed by atoms with E-state index in [1.165, 1.54) is 0 Å². The number of hydrogen-bond acceptors (Lipinski definition) is 6. The lowest BCUT2D eigenvalue weighted by molar-refractivity contribution is -0.141. The highest BCUT2D eigenvalue weighted by Gasteiger charge is 2.23. The van der Waals surface area contributed by atoms with Gasteiger partial charge in [-0.3, -0.25) is 0 Å². The number of methoxy groups -OCH3 is 2. The van der Waals surface area contributed by atoms with E-state index < -0.39 is 6.29 Å². The molecule has 0 spiro atoms. The number of rotatable bonds is 10.